The van der Waals surface area contributed by atoms with Crippen LogP contribution in [0.15, 0.2) is 90.3 Å². The van der Waals surface area contributed by atoms with E-state index in [0.717, 1.165) is 16.7 Å². The Balaban J connectivity index is 1.43. The van der Waals surface area contributed by atoms with Crippen LogP contribution in [0.3, 0.4) is 0 Å². The molecule has 41 heavy (non-hydrogen) atoms. The van der Waals surface area contributed by atoms with E-state index in [9.17, 15) is 10.1 Å². The molecule has 1 aliphatic rings. The van der Waals surface area contributed by atoms with Crippen LogP contribution in [0.25, 0.3) is 0 Å². The van der Waals surface area contributed by atoms with Crippen molar-refractivity contribution in [3.05, 3.63) is 128 Å². The van der Waals surface area contributed by atoms with Crippen LogP contribution in [-0.4, -0.2) is 13.1 Å². The van der Waals surface area contributed by atoms with Crippen LogP contribution in [0.1, 0.15) is 38.5 Å². The number of hydrogen-bond acceptors (Lipinski definition) is 7. The summed E-state index contributed by atoms with van der Waals surface area (Å²) in [5.41, 5.74) is 9.96. The van der Waals surface area contributed by atoms with Crippen LogP contribution in [0, 0.1) is 18.3 Å². The molecule has 0 spiro atoms. The molecule has 2 N–H and O–H groups in total. The second kappa shape index (κ2) is 11.8. The Morgan fingerprint density at radius 3 is 2.59 bits per heavy atom. The van der Waals surface area contributed by atoms with Crippen LogP contribution in [0.2, 0.25) is 10.0 Å². The molecular formula is C32H24Cl2N2O5. The molecule has 9 heteroatoms. The fraction of sp³-hybridized carbons (Fsp3) is 0.125. The van der Waals surface area contributed by atoms with E-state index in [-0.39, 0.29) is 23.8 Å². The third-order valence-corrected chi connectivity index (χ3v) is 7.16. The van der Waals surface area contributed by atoms with Gasteiger partial charge in [-0.2, -0.15) is 5.26 Å². The van der Waals surface area contributed by atoms with Crippen LogP contribution >= 0.6 is 23.2 Å². The Bertz CT molecular complexity index is 1730. The largest absolute Gasteiger partial charge is 0.493 e. The number of carbonyl (C=O) groups is 1. The van der Waals surface area contributed by atoms with Gasteiger partial charge in [-0.15, -0.1) is 0 Å². The predicted octanol–water partition coefficient (Wildman–Crippen LogP) is 7.33. The monoisotopic (exact) mass is 586 g/mol. The summed E-state index contributed by atoms with van der Waals surface area (Å²) in [6.07, 6.45) is 0. The Morgan fingerprint density at radius 2 is 1.85 bits per heavy atom. The molecule has 0 aliphatic carbocycles. The molecule has 1 unspecified atom stereocenters. The van der Waals surface area contributed by atoms with E-state index in [1.807, 2.05) is 19.1 Å². The minimum Gasteiger partial charge on any atom is -0.493 e. The van der Waals surface area contributed by atoms with Crippen molar-refractivity contribution in [1.29, 1.82) is 5.26 Å². The standard InChI is InChI=1S/C32H24Cl2N2O5/c1-18-4-3-5-20(12-18)32(37)40-23-9-10-24-28(15-23)41-31(36)25(16-35)30(24)19-7-11-27(29(13-19)38-2)39-17-21-6-8-22(33)14-26(21)34/h3-15,30H,17,36H2,1-2H3. The molecule has 0 fully saturated rings. The molecule has 1 aliphatic heterocycles. The lowest BCUT2D eigenvalue weighted by atomic mass is 9.83. The fourth-order valence-electron chi connectivity index (χ4n) is 4.56. The number of esters is 1. The number of aryl methyl sites for hydroxylation is 1. The van der Waals surface area contributed by atoms with Crippen LogP contribution in [-0.2, 0) is 6.61 Å². The highest BCUT2D eigenvalue weighted by Gasteiger charge is 2.32. The minimum absolute atomic E-state index is 0.0381. The first-order valence-corrected chi connectivity index (χ1v) is 13.3. The Labute approximate surface area is 247 Å². The Hall–Kier alpha value is -4.64. The Kier molecular flexibility index (Phi) is 8.06. The van der Waals surface area contributed by atoms with Crippen molar-refractivity contribution in [1.82, 2.24) is 0 Å². The average Bonchev–Trinajstić information content (AvgIpc) is 2.96. The number of ether oxygens (including phenoxy) is 4. The maximum absolute atomic E-state index is 12.7. The predicted molar refractivity (Wildman–Crippen MR) is 156 cm³/mol. The summed E-state index contributed by atoms with van der Waals surface area (Å²) >= 11 is 12.3. The summed E-state index contributed by atoms with van der Waals surface area (Å²) in [5.74, 6) is 0.510. The van der Waals surface area contributed by atoms with Crippen molar-refractivity contribution in [3.8, 4) is 29.1 Å². The minimum atomic E-state index is -0.557. The first kappa shape index (κ1) is 27.9. The first-order chi connectivity index (χ1) is 19.8. The number of allylic oxidation sites excluding steroid dienone is 1. The molecule has 4 aromatic rings. The van der Waals surface area contributed by atoms with Gasteiger partial charge in [0.1, 0.15) is 29.7 Å². The maximum Gasteiger partial charge on any atom is 0.343 e. The van der Waals surface area contributed by atoms with Gasteiger partial charge in [0.25, 0.3) is 0 Å². The normalized spacial score (nSPS) is 14.0. The number of nitrogens with zero attached hydrogens (tertiary/aromatic N) is 1. The number of nitrogens with two attached hydrogens (primary N) is 1. The number of hydrogen-bond donors (Lipinski definition) is 1. The van der Waals surface area contributed by atoms with Gasteiger partial charge in [-0.3, -0.25) is 0 Å². The second-order valence-corrected chi connectivity index (χ2v) is 10.2. The molecule has 0 saturated carbocycles. The summed E-state index contributed by atoms with van der Waals surface area (Å²) in [6, 6.07) is 24.9. The second-order valence-electron chi connectivity index (χ2n) is 9.32. The average molecular weight is 587 g/mol. The van der Waals surface area contributed by atoms with Crippen LogP contribution < -0.4 is 24.7 Å². The molecule has 206 valence electrons. The molecule has 0 aromatic heterocycles. The van der Waals surface area contributed by atoms with Crippen molar-refractivity contribution >= 4 is 29.2 Å². The number of halogens is 2. The number of fused-ring (bicyclic) bond motifs is 1. The van der Waals surface area contributed by atoms with E-state index in [1.165, 1.54) is 7.11 Å². The van der Waals surface area contributed by atoms with Gasteiger partial charge in [0, 0.05) is 27.2 Å². The van der Waals surface area contributed by atoms with E-state index in [0.29, 0.717) is 38.4 Å². The number of benzene rings is 4. The highest BCUT2D eigenvalue weighted by atomic mass is 35.5. The number of nitriles is 1. The molecule has 1 atom stereocenters. The molecule has 0 bridgehead atoms. The highest BCUT2D eigenvalue weighted by Crippen LogP contribution is 2.45. The number of carbonyl (C=O) groups excluding carboxylic acids is 1. The van der Waals surface area contributed by atoms with Gasteiger partial charge in [-0.1, -0.05) is 59.1 Å². The topological polar surface area (TPSA) is 104 Å². The van der Waals surface area contributed by atoms with Gasteiger partial charge in [-0.05, 0) is 55.0 Å². The molecule has 0 radical (unpaired) electrons. The molecule has 1 heterocycles. The molecule has 0 saturated heterocycles. The Morgan fingerprint density at radius 1 is 1.02 bits per heavy atom. The van der Waals surface area contributed by atoms with E-state index < -0.39 is 11.9 Å². The van der Waals surface area contributed by atoms with Gasteiger partial charge >= 0.3 is 5.97 Å². The lowest BCUT2D eigenvalue weighted by molar-refractivity contribution is 0.0734. The zero-order chi connectivity index (χ0) is 29.1. The summed E-state index contributed by atoms with van der Waals surface area (Å²) < 4.78 is 23.0. The van der Waals surface area contributed by atoms with Gasteiger partial charge in [0.15, 0.2) is 11.5 Å². The first-order valence-electron chi connectivity index (χ1n) is 12.5. The van der Waals surface area contributed by atoms with E-state index in [2.05, 4.69) is 6.07 Å². The maximum atomic E-state index is 12.7. The van der Waals surface area contributed by atoms with Crippen molar-refractivity contribution in [2.45, 2.75) is 19.4 Å². The van der Waals surface area contributed by atoms with Gasteiger partial charge < -0.3 is 24.7 Å². The molecule has 7 nitrogen and oxygen atoms in total. The zero-order valence-electron chi connectivity index (χ0n) is 22.1. The third kappa shape index (κ3) is 5.94. The lowest BCUT2D eigenvalue weighted by Gasteiger charge is -2.27. The number of methoxy groups -OCH3 is 1. The fourth-order valence-corrected chi connectivity index (χ4v) is 5.02. The highest BCUT2D eigenvalue weighted by molar-refractivity contribution is 6.35. The molecule has 5 rings (SSSR count). The SMILES string of the molecule is COc1cc(C2C(C#N)=C(N)Oc3cc(OC(=O)c4cccc(C)c4)ccc32)ccc1OCc1ccc(Cl)cc1Cl. The number of rotatable bonds is 7. The van der Waals surface area contributed by atoms with Crippen molar-refractivity contribution in [3.63, 3.8) is 0 Å². The van der Waals surface area contributed by atoms with E-state index in [1.54, 1.807) is 66.7 Å². The summed E-state index contributed by atoms with van der Waals surface area (Å²) in [6.45, 7) is 2.10. The van der Waals surface area contributed by atoms with Crippen LogP contribution in [0.5, 0.6) is 23.0 Å². The van der Waals surface area contributed by atoms with Gasteiger partial charge in [0.05, 0.1) is 18.6 Å². The van der Waals surface area contributed by atoms with Crippen molar-refractivity contribution in [2.24, 2.45) is 5.73 Å². The third-order valence-electron chi connectivity index (χ3n) is 6.57. The smallest absolute Gasteiger partial charge is 0.343 e. The molecule has 0 amide bonds. The van der Waals surface area contributed by atoms with E-state index in [4.69, 9.17) is 47.9 Å². The lowest BCUT2D eigenvalue weighted by Crippen LogP contribution is -2.21. The summed E-state index contributed by atoms with van der Waals surface area (Å²) in [4.78, 5) is 12.7. The van der Waals surface area contributed by atoms with Crippen molar-refractivity contribution < 1.29 is 23.7 Å². The summed E-state index contributed by atoms with van der Waals surface area (Å²) in [5, 5.41) is 11.0. The molecular weight excluding hydrogens is 563 g/mol. The molecule has 4 aromatic carbocycles. The zero-order valence-corrected chi connectivity index (χ0v) is 23.6. The van der Waals surface area contributed by atoms with Crippen molar-refractivity contribution in [2.75, 3.05) is 7.11 Å². The van der Waals surface area contributed by atoms with Gasteiger partial charge in [0.2, 0.25) is 5.88 Å². The van der Waals surface area contributed by atoms with E-state index >= 15 is 0 Å². The van der Waals surface area contributed by atoms with Gasteiger partial charge in [-0.25, -0.2) is 4.79 Å². The summed E-state index contributed by atoms with van der Waals surface area (Å²) in [7, 11) is 1.53. The quantitative estimate of drug-likeness (QED) is 0.178. The van der Waals surface area contributed by atoms with Crippen LogP contribution in [0.4, 0.5) is 0 Å².